The fourth-order valence-electron chi connectivity index (χ4n) is 5.20. The molecule has 35 heavy (non-hydrogen) atoms. The van der Waals surface area contributed by atoms with Crippen molar-refractivity contribution >= 4 is 23.0 Å². The van der Waals surface area contributed by atoms with Gasteiger partial charge in [0.05, 0.1) is 24.4 Å². The highest BCUT2D eigenvalue weighted by Crippen LogP contribution is 2.45. The number of thiocarbonyl (C=S) groups is 1. The van der Waals surface area contributed by atoms with Crippen LogP contribution in [0.15, 0.2) is 79.0 Å². The molecule has 2 aromatic carbocycles. The van der Waals surface area contributed by atoms with Crippen LogP contribution in [-0.4, -0.2) is 21.3 Å². The molecule has 2 atom stereocenters. The lowest BCUT2D eigenvalue weighted by molar-refractivity contribution is 0.340. The molecule has 3 heterocycles. The monoisotopic (exact) mass is 482 g/mol. The number of aromatic nitrogens is 2. The maximum atomic E-state index is 5.93. The molecule has 0 radical (unpaired) electrons. The number of anilines is 1. The lowest BCUT2D eigenvalue weighted by Crippen LogP contribution is -2.29. The van der Waals surface area contributed by atoms with Crippen LogP contribution in [0.3, 0.4) is 0 Å². The number of benzene rings is 2. The first-order chi connectivity index (χ1) is 17.0. The van der Waals surface area contributed by atoms with Crippen LogP contribution in [0.5, 0.6) is 5.75 Å². The Morgan fingerprint density at radius 3 is 2.26 bits per heavy atom. The average Bonchev–Trinajstić information content (AvgIpc) is 3.33. The number of hydrogen-bond donors (Lipinski definition) is 1. The Balaban J connectivity index is 1.68. The summed E-state index contributed by atoms with van der Waals surface area (Å²) in [6.45, 7) is 9.24. The molecule has 1 N–H and O–H groups in total. The molecule has 6 heteroatoms. The number of hydrogen-bond acceptors (Lipinski definition) is 3. The van der Waals surface area contributed by atoms with Crippen molar-refractivity contribution in [2.45, 2.75) is 39.8 Å². The van der Waals surface area contributed by atoms with Gasteiger partial charge in [0.15, 0.2) is 5.11 Å². The SMILES string of the molecule is CCOc1ccc(N2C(=S)N[C@H](c3ccccn3)[C@H]2c2c(C)c(C)n(-c3ccccc3)c2C)cc1. The highest BCUT2D eigenvalue weighted by Gasteiger charge is 2.43. The highest BCUT2D eigenvalue weighted by molar-refractivity contribution is 7.80. The van der Waals surface area contributed by atoms with Crippen LogP contribution in [0.2, 0.25) is 0 Å². The Morgan fingerprint density at radius 1 is 0.886 bits per heavy atom. The second-order valence-corrected chi connectivity index (χ2v) is 9.19. The minimum atomic E-state index is -0.0845. The average molecular weight is 483 g/mol. The van der Waals surface area contributed by atoms with Crippen molar-refractivity contribution in [3.05, 3.63) is 107 Å². The third-order valence-electron chi connectivity index (χ3n) is 6.84. The van der Waals surface area contributed by atoms with Gasteiger partial charge in [-0.2, -0.15) is 0 Å². The minimum Gasteiger partial charge on any atom is -0.494 e. The van der Waals surface area contributed by atoms with Crippen LogP contribution in [0, 0.1) is 20.8 Å². The molecule has 0 amide bonds. The van der Waals surface area contributed by atoms with Crippen molar-refractivity contribution in [1.29, 1.82) is 0 Å². The third-order valence-corrected chi connectivity index (χ3v) is 7.16. The fourth-order valence-corrected chi connectivity index (χ4v) is 5.55. The van der Waals surface area contributed by atoms with Crippen LogP contribution in [0.1, 0.15) is 47.2 Å². The Morgan fingerprint density at radius 2 is 1.60 bits per heavy atom. The topological polar surface area (TPSA) is 42.3 Å². The molecule has 1 fully saturated rings. The molecule has 5 nitrogen and oxygen atoms in total. The van der Waals surface area contributed by atoms with Crippen LogP contribution in [-0.2, 0) is 0 Å². The van der Waals surface area contributed by atoms with E-state index in [0.29, 0.717) is 11.7 Å². The highest BCUT2D eigenvalue weighted by atomic mass is 32.1. The van der Waals surface area contributed by atoms with Crippen molar-refractivity contribution < 1.29 is 4.74 Å². The summed E-state index contributed by atoms with van der Waals surface area (Å²) in [4.78, 5) is 6.94. The summed E-state index contributed by atoms with van der Waals surface area (Å²) in [5, 5.41) is 4.28. The maximum Gasteiger partial charge on any atom is 0.174 e. The molecular formula is C29H30N4OS. The molecule has 0 spiro atoms. The molecule has 178 valence electrons. The van der Waals surface area contributed by atoms with Gasteiger partial charge in [0, 0.05) is 34.5 Å². The van der Waals surface area contributed by atoms with Gasteiger partial charge in [-0.05, 0) is 94.0 Å². The first-order valence-corrected chi connectivity index (χ1v) is 12.4. The standard InChI is InChI=1S/C29H30N4OS/c1-5-34-24-16-14-23(15-17-24)33-28(27(31-29(33)35)25-13-9-10-18-30-25)26-19(2)20(3)32(21(26)4)22-11-7-6-8-12-22/h6-18,27-28H,5H2,1-4H3,(H,31,35)/t27-,28-/m1/s1. The van der Waals surface area contributed by atoms with Crippen LogP contribution >= 0.6 is 12.2 Å². The van der Waals surface area contributed by atoms with Gasteiger partial charge in [-0.1, -0.05) is 24.3 Å². The van der Waals surface area contributed by atoms with E-state index in [0.717, 1.165) is 22.8 Å². The molecule has 1 aliphatic rings. The largest absolute Gasteiger partial charge is 0.494 e. The molecule has 1 saturated heterocycles. The number of ether oxygens (including phenoxy) is 1. The molecular weight excluding hydrogens is 452 g/mol. The van der Waals surface area contributed by atoms with E-state index < -0.39 is 0 Å². The van der Waals surface area contributed by atoms with Crippen molar-refractivity contribution in [3.63, 3.8) is 0 Å². The van der Waals surface area contributed by atoms with Gasteiger partial charge in [-0.25, -0.2) is 0 Å². The van der Waals surface area contributed by atoms with Crippen molar-refractivity contribution in [2.24, 2.45) is 0 Å². The second kappa shape index (κ2) is 9.55. The van der Waals surface area contributed by atoms with Crippen molar-refractivity contribution in [2.75, 3.05) is 11.5 Å². The molecule has 5 rings (SSSR count). The number of rotatable bonds is 6. The molecule has 0 saturated carbocycles. The first-order valence-electron chi connectivity index (χ1n) is 12.0. The minimum absolute atomic E-state index is 0.0565. The fraction of sp³-hybridized carbons (Fsp3) is 0.241. The molecule has 2 aromatic heterocycles. The predicted octanol–water partition coefficient (Wildman–Crippen LogP) is 6.37. The summed E-state index contributed by atoms with van der Waals surface area (Å²) in [6, 6.07) is 24.6. The molecule has 1 aliphatic heterocycles. The molecule has 0 bridgehead atoms. The van der Waals surface area contributed by atoms with Crippen LogP contribution < -0.4 is 15.0 Å². The van der Waals surface area contributed by atoms with Crippen LogP contribution in [0.4, 0.5) is 5.69 Å². The van der Waals surface area contributed by atoms with Gasteiger partial charge in [-0.3, -0.25) is 4.98 Å². The van der Waals surface area contributed by atoms with E-state index in [1.165, 1.54) is 22.5 Å². The molecule has 0 unspecified atom stereocenters. The van der Waals surface area contributed by atoms with Gasteiger partial charge in [0.25, 0.3) is 0 Å². The second-order valence-electron chi connectivity index (χ2n) is 8.80. The summed E-state index contributed by atoms with van der Waals surface area (Å²) in [5.74, 6) is 0.852. The quantitative estimate of drug-likeness (QED) is 0.323. The number of nitrogens with one attached hydrogen (secondary N) is 1. The zero-order valence-electron chi connectivity index (χ0n) is 20.5. The summed E-state index contributed by atoms with van der Waals surface area (Å²) in [7, 11) is 0. The van der Waals surface area contributed by atoms with Crippen molar-refractivity contribution in [3.8, 4) is 11.4 Å². The van der Waals surface area contributed by atoms with E-state index in [-0.39, 0.29) is 12.1 Å². The number of nitrogens with zero attached hydrogens (tertiary/aromatic N) is 3. The smallest absolute Gasteiger partial charge is 0.174 e. The zero-order chi connectivity index (χ0) is 24.5. The lowest BCUT2D eigenvalue weighted by atomic mass is 9.93. The number of para-hydroxylation sites is 1. The Labute approximate surface area is 212 Å². The van der Waals surface area contributed by atoms with E-state index in [1.54, 1.807) is 0 Å². The Hall–Kier alpha value is -3.64. The van der Waals surface area contributed by atoms with E-state index in [4.69, 9.17) is 21.9 Å². The van der Waals surface area contributed by atoms with E-state index >= 15 is 0 Å². The summed E-state index contributed by atoms with van der Waals surface area (Å²) in [5.41, 5.74) is 8.12. The lowest BCUT2D eigenvalue weighted by Gasteiger charge is -2.29. The summed E-state index contributed by atoms with van der Waals surface area (Å²) < 4.78 is 8.02. The van der Waals surface area contributed by atoms with E-state index in [1.807, 2.05) is 37.4 Å². The Kier molecular flexibility index (Phi) is 6.31. The zero-order valence-corrected chi connectivity index (χ0v) is 21.3. The van der Waals surface area contributed by atoms with Gasteiger partial charge >= 0.3 is 0 Å². The number of pyridine rings is 1. The van der Waals surface area contributed by atoms with Crippen LogP contribution in [0.25, 0.3) is 5.69 Å². The summed E-state index contributed by atoms with van der Waals surface area (Å²) in [6.07, 6.45) is 1.84. The van der Waals surface area contributed by atoms with E-state index in [9.17, 15) is 0 Å². The van der Waals surface area contributed by atoms with Crippen molar-refractivity contribution in [1.82, 2.24) is 14.9 Å². The Bertz CT molecular complexity index is 1330. The van der Waals surface area contributed by atoms with E-state index in [2.05, 4.69) is 84.1 Å². The maximum absolute atomic E-state index is 5.93. The third kappa shape index (κ3) is 4.08. The first kappa shape index (κ1) is 23.1. The van der Waals surface area contributed by atoms with Gasteiger partial charge < -0.3 is 19.5 Å². The molecule has 0 aliphatic carbocycles. The van der Waals surface area contributed by atoms with Gasteiger partial charge in [0.1, 0.15) is 5.75 Å². The normalized spacial score (nSPS) is 17.5. The predicted molar refractivity (Wildman–Crippen MR) is 146 cm³/mol. The molecule has 4 aromatic rings. The van der Waals surface area contributed by atoms with Gasteiger partial charge in [-0.15, -0.1) is 0 Å². The summed E-state index contributed by atoms with van der Waals surface area (Å²) >= 11 is 5.93. The van der Waals surface area contributed by atoms with Gasteiger partial charge in [0.2, 0.25) is 0 Å².